The predicted octanol–water partition coefficient (Wildman–Crippen LogP) is 4.20. The number of benzene rings is 2. The second kappa shape index (κ2) is 12.2. The van der Waals surface area contributed by atoms with E-state index < -0.39 is 18.5 Å². The average Bonchev–Trinajstić information content (AvgIpc) is 3.32. The SMILES string of the molecule is CCCN(CC(=O)Nc1ccccc1C)C(=O)COC(=O)c1ccc(COc2ccccc2)o1. The number of rotatable bonds is 11. The second-order valence-corrected chi connectivity index (χ2v) is 7.62. The molecule has 0 bridgehead atoms. The zero-order valence-electron chi connectivity index (χ0n) is 19.3. The molecule has 8 nitrogen and oxygen atoms in total. The van der Waals surface area contributed by atoms with Crippen LogP contribution in [-0.2, 0) is 20.9 Å². The van der Waals surface area contributed by atoms with Gasteiger partial charge in [-0.1, -0.05) is 43.3 Å². The molecule has 2 aromatic carbocycles. The van der Waals surface area contributed by atoms with Gasteiger partial charge in [0.25, 0.3) is 5.91 Å². The Hall–Kier alpha value is -4.07. The minimum Gasteiger partial charge on any atom is -0.486 e. The Bertz CT molecular complexity index is 1110. The van der Waals surface area contributed by atoms with Crippen molar-refractivity contribution in [2.75, 3.05) is 25.0 Å². The van der Waals surface area contributed by atoms with Crippen molar-refractivity contribution in [1.82, 2.24) is 4.90 Å². The summed E-state index contributed by atoms with van der Waals surface area (Å²) in [4.78, 5) is 38.7. The van der Waals surface area contributed by atoms with Gasteiger partial charge in [-0.25, -0.2) is 4.79 Å². The normalized spacial score (nSPS) is 10.4. The Kier molecular flexibility index (Phi) is 8.85. The number of amides is 2. The lowest BCUT2D eigenvalue weighted by molar-refractivity contribution is -0.137. The lowest BCUT2D eigenvalue weighted by Gasteiger charge is -2.21. The van der Waals surface area contributed by atoms with E-state index in [2.05, 4.69) is 5.32 Å². The molecule has 34 heavy (non-hydrogen) atoms. The Balaban J connectivity index is 1.49. The highest BCUT2D eigenvalue weighted by atomic mass is 16.6. The maximum absolute atomic E-state index is 12.6. The molecule has 3 aromatic rings. The van der Waals surface area contributed by atoms with E-state index in [4.69, 9.17) is 13.9 Å². The van der Waals surface area contributed by atoms with Crippen LogP contribution in [0.2, 0.25) is 0 Å². The molecule has 0 aliphatic carbocycles. The van der Waals surface area contributed by atoms with Gasteiger partial charge in [-0.3, -0.25) is 9.59 Å². The molecule has 0 saturated heterocycles. The maximum atomic E-state index is 12.6. The standard InChI is InChI=1S/C26H28N2O6/c1-3-15-28(16-24(29)27-22-12-8-7-9-19(22)2)25(30)18-33-26(31)23-14-13-21(34-23)17-32-20-10-5-4-6-11-20/h4-14H,3,15-18H2,1-2H3,(H,27,29). The van der Waals surface area contributed by atoms with E-state index in [1.165, 1.54) is 11.0 Å². The summed E-state index contributed by atoms with van der Waals surface area (Å²) in [5.74, 6) is -0.455. The highest BCUT2D eigenvalue weighted by Crippen LogP contribution is 2.15. The molecule has 0 radical (unpaired) electrons. The topological polar surface area (TPSA) is 98.1 Å². The second-order valence-electron chi connectivity index (χ2n) is 7.62. The highest BCUT2D eigenvalue weighted by molar-refractivity contribution is 5.95. The summed E-state index contributed by atoms with van der Waals surface area (Å²) in [5.41, 5.74) is 1.61. The maximum Gasteiger partial charge on any atom is 0.374 e. The van der Waals surface area contributed by atoms with Crippen LogP contribution >= 0.6 is 0 Å². The number of hydrogen-bond donors (Lipinski definition) is 1. The minimum atomic E-state index is -0.764. The number of carbonyl (C=O) groups excluding carboxylic acids is 3. The molecule has 2 amide bonds. The molecule has 0 atom stereocenters. The van der Waals surface area contributed by atoms with E-state index in [1.54, 1.807) is 12.1 Å². The van der Waals surface area contributed by atoms with E-state index in [0.717, 1.165) is 5.56 Å². The summed E-state index contributed by atoms with van der Waals surface area (Å²) in [6.45, 7) is 3.66. The molecule has 8 heteroatoms. The summed E-state index contributed by atoms with van der Waals surface area (Å²) in [5, 5.41) is 2.80. The van der Waals surface area contributed by atoms with Crippen LogP contribution in [0, 0.1) is 6.92 Å². The van der Waals surface area contributed by atoms with Gasteiger partial charge in [-0.15, -0.1) is 0 Å². The molecule has 0 unspecified atom stereocenters. The van der Waals surface area contributed by atoms with Crippen LogP contribution in [0.5, 0.6) is 5.75 Å². The van der Waals surface area contributed by atoms with Gasteiger partial charge in [0, 0.05) is 12.2 Å². The van der Waals surface area contributed by atoms with Gasteiger partial charge >= 0.3 is 5.97 Å². The number of aryl methyl sites for hydroxylation is 1. The number of esters is 1. The van der Waals surface area contributed by atoms with Crippen molar-refractivity contribution in [3.8, 4) is 5.75 Å². The largest absolute Gasteiger partial charge is 0.486 e. The van der Waals surface area contributed by atoms with Crippen molar-refractivity contribution in [3.63, 3.8) is 0 Å². The summed E-state index contributed by atoms with van der Waals surface area (Å²) in [6, 6.07) is 19.7. The van der Waals surface area contributed by atoms with Crippen LogP contribution in [0.4, 0.5) is 5.69 Å². The molecule has 1 N–H and O–H groups in total. The zero-order valence-corrected chi connectivity index (χ0v) is 19.3. The van der Waals surface area contributed by atoms with Gasteiger partial charge in [0.1, 0.15) is 18.1 Å². The van der Waals surface area contributed by atoms with Crippen LogP contribution in [0.1, 0.15) is 35.2 Å². The van der Waals surface area contributed by atoms with E-state index >= 15 is 0 Å². The third-order valence-electron chi connectivity index (χ3n) is 4.91. The molecular formula is C26H28N2O6. The lowest BCUT2D eigenvalue weighted by atomic mass is 10.2. The fourth-order valence-electron chi connectivity index (χ4n) is 3.16. The number of anilines is 1. The van der Waals surface area contributed by atoms with Crippen LogP contribution in [-0.4, -0.2) is 42.4 Å². The van der Waals surface area contributed by atoms with Crippen molar-refractivity contribution in [2.45, 2.75) is 26.9 Å². The molecule has 0 aliphatic heterocycles. The molecule has 0 aliphatic rings. The fourth-order valence-corrected chi connectivity index (χ4v) is 3.16. The average molecular weight is 465 g/mol. The Morgan fingerprint density at radius 3 is 2.44 bits per heavy atom. The number of ether oxygens (including phenoxy) is 2. The molecule has 0 fully saturated rings. The first-order chi connectivity index (χ1) is 16.5. The van der Waals surface area contributed by atoms with E-state index in [1.807, 2.05) is 62.4 Å². The molecule has 3 rings (SSSR count). The van der Waals surface area contributed by atoms with Gasteiger partial charge in [0.05, 0.1) is 6.54 Å². The van der Waals surface area contributed by atoms with Crippen LogP contribution in [0.25, 0.3) is 0 Å². The number of carbonyl (C=O) groups is 3. The minimum absolute atomic E-state index is 0.0289. The first kappa shape index (κ1) is 24.6. The number of furan rings is 1. The monoisotopic (exact) mass is 464 g/mol. The number of para-hydroxylation sites is 2. The summed E-state index contributed by atoms with van der Waals surface area (Å²) in [7, 11) is 0. The summed E-state index contributed by atoms with van der Waals surface area (Å²) < 4.78 is 16.2. The van der Waals surface area contributed by atoms with Crippen molar-refractivity contribution in [1.29, 1.82) is 0 Å². The molecule has 0 spiro atoms. The number of nitrogens with one attached hydrogen (secondary N) is 1. The third-order valence-corrected chi connectivity index (χ3v) is 4.91. The lowest BCUT2D eigenvalue weighted by Crippen LogP contribution is -2.40. The van der Waals surface area contributed by atoms with Gasteiger partial charge in [-0.2, -0.15) is 0 Å². The van der Waals surface area contributed by atoms with Crippen molar-refractivity contribution in [2.24, 2.45) is 0 Å². The fraction of sp³-hybridized carbons (Fsp3) is 0.269. The Labute approximate surface area is 198 Å². The van der Waals surface area contributed by atoms with Crippen LogP contribution < -0.4 is 10.1 Å². The van der Waals surface area contributed by atoms with Crippen LogP contribution in [0.3, 0.4) is 0 Å². The number of nitrogens with zero attached hydrogens (tertiary/aromatic N) is 1. The molecule has 1 heterocycles. The molecular weight excluding hydrogens is 436 g/mol. The predicted molar refractivity (Wildman–Crippen MR) is 126 cm³/mol. The highest BCUT2D eigenvalue weighted by Gasteiger charge is 2.20. The summed E-state index contributed by atoms with van der Waals surface area (Å²) >= 11 is 0. The first-order valence-corrected chi connectivity index (χ1v) is 11.0. The molecule has 178 valence electrons. The zero-order chi connectivity index (χ0) is 24.3. The van der Waals surface area contributed by atoms with Crippen molar-refractivity contribution < 1.29 is 28.3 Å². The van der Waals surface area contributed by atoms with Crippen molar-refractivity contribution >= 4 is 23.5 Å². The Morgan fingerprint density at radius 1 is 0.971 bits per heavy atom. The number of hydrogen-bond acceptors (Lipinski definition) is 6. The quantitative estimate of drug-likeness (QED) is 0.427. The smallest absolute Gasteiger partial charge is 0.374 e. The van der Waals surface area contributed by atoms with Crippen molar-refractivity contribution in [3.05, 3.63) is 83.8 Å². The van der Waals surface area contributed by atoms with E-state index in [9.17, 15) is 14.4 Å². The van der Waals surface area contributed by atoms with Gasteiger partial charge in [0.2, 0.25) is 11.7 Å². The van der Waals surface area contributed by atoms with Gasteiger partial charge in [-0.05, 0) is 49.2 Å². The Morgan fingerprint density at radius 2 is 1.71 bits per heavy atom. The van der Waals surface area contributed by atoms with Crippen LogP contribution in [0.15, 0.2) is 71.1 Å². The molecule has 1 aromatic heterocycles. The van der Waals surface area contributed by atoms with Gasteiger partial charge in [0.15, 0.2) is 6.61 Å². The summed E-state index contributed by atoms with van der Waals surface area (Å²) in [6.07, 6.45) is 0.653. The van der Waals surface area contributed by atoms with Gasteiger partial charge < -0.3 is 24.1 Å². The third kappa shape index (κ3) is 7.23. The van der Waals surface area contributed by atoms with E-state index in [0.29, 0.717) is 30.2 Å². The van der Waals surface area contributed by atoms with E-state index in [-0.39, 0.29) is 24.8 Å². The first-order valence-electron chi connectivity index (χ1n) is 11.0. The molecule has 0 saturated carbocycles.